The molecule has 0 saturated carbocycles. The molecule has 0 aliphatic heterocycles. The van der Waals surface area contributed by atoms with E-state index in [1.54, 1.807) is 12.1 Å². The molecule has 82 valence electrons. The number of nitrogens with zero attached hydrogens (tertiary/aromatic N) is 1. The van der Waals surface area contributed by atoms with E-state index in [0.29, 0.717) is 6.04 Å². The van der Waals surface area contributed by atoms with E-state index in [9.17, 15) is 10.1 Å². The quantitative estimate of drug-likeness (QED) is 0.595. The maximum absolute atomic E-state index is 10.4. The van der Waals surface area contributed by atoms with E-state index in [-0.39, 0.29) is 10.6 Å². The fourth-order valence-corrected chi connectivity index (χ4v) is 1.53. The Bertz CT molecular complexity index is 322. The molecule has 0 aromatic heterocycles. The molecule has 1 rings (SSSR count). The number of hydrogen-bond acceptors (Lipinski definition) is 3. The van der Waals surface area contributed by atoms with Crippen LogP contribution in [-0.4, -0.2) is 17.5 Å². The van der Waals surface area contributed by atoms with Crippen LogP contribution in [0.2, 0.25) is 0 Å². The van der Waals surface area contributed by atoms with Gasteiger partial charge in [-0.3, -0.25) is 10.1 Å². The van der Waals surface area contributed by atoms with Crippen molar-refractivity contribution >= 4 is 5.69 Å². The Morgan fingerprint density at radius 1 is 1.40 bits per heavy atom. The van der Waals surface area contributed by atoms with E-state index < -0.39 is 0 Å². The third-order valence-electron chi connectivity index (χ3n) is 2.24. The minimum absolute atomic E-state index is 0.148. The van der Waals surface area contributed by atoms with Gasteiger partial charge < -0.3 is 5.32 Å². The first-order chi connectivity index (χ1) is 7.13. The van der Waals surface area contributed by atoms with Gasteiger partial charge in [-0.05, 0) is 25.5 Å². The molecule has 0 radical (unpaired) electrons. The van der Waals surface area contributed by atoms with Gasteiger partial charge in [-0.2, -0.15) is 0 Å². The van der Waals surface area contributed by atoms with Crippen molar-refractivity contribution in [2.24, 2.45) is 0 Å². The molecule has 4 nitrogen and oxygen atoms in total. The predicted molar refractivity (Wildman–Crippen MR) is 59.9 cm³/mol. The Kier molecular flexibility index (Phi) is 4.24. The predicted octanol–water partition coefficient (Wildman–Crippen LogP) is 2.14. The van der Waals surface area contributed by atoms with Crippen molar-refractivity contribution in [3.8, 4) is 0 Å². The van der Waals surface area contributed by atoms with E-state index in [2.05, 4.69) is 19.2 Å². The summed E-state index contributed by atoms with van der Waals surface area (Å²) >= 11 is 0. The lowest BCUT2D eigenvalue weighted by atomic mass is 10.1. The molecule has 1 aromatic carbocycles. The van der Waals surface area contributed by atoms with Gasteiger partial charge in [-0.15, -0.1) is 0 Å². The first-order valence-corrected chi connectivity index (χ1v) is 5.10. The average molecular weight is 208 g/mol. The van der Waals surface area contributed by atoms with Gasteiger partial charge in [0, 0.05) is 18.2 Å². The molecular weight excluding hydrogens is 192 g/mol. The number of non-ortho nitro benzene ring substituents is 1. The number of rotatable bonds is 5. The van der Waals surface area contributed by atoms with E-state index in [4.69, 9.17) is 0 Å². The number of nitro groups is 1. The summed E-state index contributed by atoms with van der Waals surface area (Å²) in [5.74, 6) is 0. The molecule has 1 atom stereocenters. The second-order valence-electron chi connectivity index (χ2n) is 3.59. The molecular formula is C11H16N2O2. The van der Waals surface area contributed by atoms with Crippen molar-refractivity contribution in [2.75, 3.05) is 6.54 Å². The molecule has 1 N–H and O–H groups in total. The van der Waals surface area contributed by atoms with Gasteiger partial charge >= 0.3 is 0 Å². The van der Waals surface area contributed by atoms with Crippen molar-refractivity contribution in [1.82, 2.24) is 5.32 Å². The van der Waals surface area contributed by atoms with E-state index in [1.165, 1.54) is 0 Å². The van der Waals surface area contributed by atoms with Crippen LogP contribution in [0.4, 0.5) is 5.69 Å². The highest BCUT2D eigenvalue weighted by atomic mass is 16.6. The summed E-state index contributed by atoms with van der Waals surface area (Å²) in [7, 11) is 0. The van der Waals surface area contributed by atoms with Crippen LogP contribution < -0.4 is 5.32 Å². The first kappa shape index (κ1) is 11.7. The van der Waals surface area contributed by atoms with Crippen molar-refractivity contribution in [1.29, 1.82) is 0 Å². The minimum atomic E-state index is -0.377. The van der Waals surface area contributed by atoms with E-state index in [1.807, 2.05) is 12.1 Å². The number of nitro benzene ring substituents is 1. The molecule has 0 amide bonds. The Hall–Kier alpha value is -1.42. The maximum atomic E-state index is 10.4. The summed E-state index contributed by atoms with van der Waals surface area (Å²) in [4.78, 5) is 10.1. The molecule has 0 heterocycles. The third-order valence-corrected chi connectivity index (χ3v) is 2.24. The van der Waals surface area contributed by atoms with Crippen LogP contribution in [0.5, 0.6) is 0 Å². The summed E-state index contributed by atoms with van der Waals surface area (Å²) in [5.41, 5.74) is 1.27. The number of benzene rings is 1. The van der Waals surface area contributed by atoms with Crippen molar-refractivity contribution in [3.63, 3.8) is 0 Å². The highest BCUT2D eigenvalue weighted by molar-refractivity contribution is 5.33. The smallest absolute Gasteiger partial charge is 0.269 e. The van der Waals surface area contributed by atoms with Crippen LogP contribution in [0.25, 0.3) is 0 Å². The van der Waals surface area contributed by atoms with Gasteiger partial charge in [-0.25, -0.2) is 0 Å². The fraction of sp³-hybridized carbons (Fsp3) is 0.455. The van der Waals surface area contributed by atoms with E-state index in [0.717, 1.165) is 18.5 Å². The normalized spacial score (nSPS) is 12.4. The Balaban J connectivity index is 2.60. The highest BCUT2D eigenvalue weighted by Gasteiger charge is 2.05. The topological polar surface area (TPSA) is 55.2 Å². The fourth-order valence-electron chi connectivity index (χ4n) is 1.53. The van der Waals surface area contributed by atoms with E-state index >= 15 is 0 Å². The molecule has 1 aromatic rings. The number of hydrogen-bond donors (Lipinski definition) is 1. The number of nitrogens with one attached hydrogen (secondary N) is 1. The summed E-state index contributed by atoms with van der Waals surface area (Å²) in [6.07, 6.45) is 0.895. The monoisotopic (exact) mass is 208 g/mol. The van der Waals surface area contributed by atoms with Crippen LogP contribution in [0, 0.1) is 10.1 Å². The lowest BCUT2D eigenvalue weighted by molar-refractivity contribution is -0.384. The van der Waals surface area contributed by atoms with Crippen molar-refractivity contribution in [3.05, 3.63) is 39.9 Å². The van der Waals surface area contributed by atoms with Crippen molar-refractivity contribution in [2.45, 2.75) is 26.3 Å². The van der Waals surface area contributed by atoms with Gasteiger partial charge in [0.25, 0.3) is 5.69 Å². The Labute approximate surface area is 89.5 Å². The SMILES string of the molecule is CCNC(C)Cc1ccc([N+](=O)[O-])cc1. The van der Waals surface area contributed by atoms with Gasteiger partial charge in [0.2, 0.25) is 0 Å². The number of likely N-dealkylation sites (N-methyl/N-ethyl adjacent to an activating group) is 1. The summed E-state index contributed by atoms with van der Waals surface area (Å²) in [6.45, 7) is 5.10. The molecule has 0 aliphatic rings. The lowest BCUT2D eigenvalue weighted by Gasteiger charge is -2.11. The van der Waals surface area contributed by atoms with Gasteiger partial charge in [-0.1, -0.05) is 19.1 Å². The maximum Gasteiger partial charge on any atom is 0.269 e. The molecule has 0 spiro atoms. The molecule has 15 heavy (non-hydrogen) atoms. The molecule has 1 unspecified atom stereocenters. The third kappa shape index (κ3) is 3.67. The summed E-state index contributed by atoms with van der Waals surface area (Å²) in [5, 5.41) is 13.7. The summed E-state index contributed by atoms with van der Waals surface area (Å²) in [6, 6.07) is 7.12. The zero-order valence-electron chi connectivity index (χ0n) is 9.06. The van der Waals surface area contributed by atoms with Crippen LogP contribution in [-0.2, 0) is 6.42 Å². The Morgan fingerprint density at radius 2 is 2.00 bits per heavy atom. The van der Waals surface area contributed by atoms with Crippen LogP contribution in [0.15, 0.2) is 24.3 Å². The van der Waals surface area contributed by atoms with Crippen LogP contribution >= 0.6 is 0 Å². The second-order valence-corrected chi connectivity index (χ2v) is 3.59. The van der Waals surface area contributed by atoms with Gasteiger partial charge in [0.05, 0.1) is 4.92 Å². The van der Waals surface area contributed by atoms with Gasteiger partial charge in [0.15, 0.2) is 0 Å². The van der Waals surface area contributed by atoms with Gasteiger partial charge in [0.1, 0.15) is 0 Å². The Morgan fingerprint density at radius 3 is 2.47 bits per heavy atom. The largest absolute Gasteiger partial charge is 0.314 e. The zero-order valence-corrected chi connectivity index (χ0v) is 9.06. The minimum Gasteiger partial charge on any atom is -0.314 e. The molecule has 4 heteroatoms. The lowest BCUT2D eigenvalue weighted by Crippen LogP contribution is -2.27. The highest BCUT2D eigenvalue weighted by Crippen LogP contribution is 2.12. The standard InChI is InChI=1S/C11H16N2O2/c1-3-12-9(2)8-10-4-6-11(7-5-10)13(14)15/h4-7,9,12H,3,8H2,1-2H3. The summed E-state index contributed by atoms with van der Waals surface area (Å²) < 4.78 is 0. The second kappa shape index (κ2) is 5.46. The molecule has 0 saturated heterocycles. The van der Waals surface area contributed by atoms with Crippen LogP contribution in [0.1, 0.15) is 19.4 Å². The first-order valence-electron chi connectivity index (χ1n) is 5.10. The van der Waals surface area contributed by atoms with Crippen molar-refractivity contribution < 1.29 is 4.92 Å². The van der Waals surface area contributed by atoms with Crippen LogP contribution in [0.3, 0.4) is 0 Å². The zero-order chi connectivity index (χ0) is 11.3. The molecule has 0 aliphatic carbocycles. The molecule has 0 fully saturated rings. The average Bonchev–Trinajstić information content (AvgIpc) is 2.18. The molecule has 0 bridgehead atoms.